The number of nitrogens with two attached hydrogens (primary N) is 1. The van der Waals surface area contributed by atoms with Gasteiger partial charge in [0.2, 0.25) is 29.7 Å². The van der Waals surface area contributed by atoms with Crippen molar-refractivity contribution in [1.29, 1.82) is 0 Å². The van der Waals surface area contributed by atoms with Gasteiger partial charge >= 0.3 is 6.01 Å². The minimum atomic E-state index is -5.40. The van der Waals surface area contributed by atoms with Crippen LogP contribution in [0.3, 0.4) is 0 Å². The second-order valence-corrected chi connectivity index (χ2v) is 27.7. The fourth-order valence-corrected chi connectivity index (χ4v) is 12.4. The predicted octanol–water partition coefficient (Wildman–Crippen LogP) is 7.70. The highest BCUT2D eigenvalue weighted by Gasteiger charge is 2.29. The van der Waals surface area contributed by atoms with Gasteiger partial charge in [0.25, 0.3) is 60.7 Å². The van der Waals surface area contributed by atoms with Gasteiger partial charge in [0, 0.05) is 28.7 Å². The van der Waals surface area contributed by atoms with Gasteiger partial charge in [-0.25, -0.2) is 0 Å². The van der Waals surface area contributed by atoms with Gasteiger partial charge in [0.05, 0.1) is 21.2 Å². The molecule has 7 aromatic carbocycles. The maximum Gasteiger partial charge on any atom is 0.320 e. The molecule has 0 unspecified atom stereocenters. The van der Waals surface area contributed by atoms with Crippen molar-refractivity contribution in [3.05, 3.63) is 109 Å². The molecule has 0 aliphatic rings. The smallest absolute Gasteiger partial charge is 0.320 e. The fourth-order valence-electron chi connectivity index (χ4n) is 8.73. The molecule has 0 radical (unpaired) electrons. The Morgan fingerprint density at radius 3 is 1.15 bits per heavy atom. The van der Waals surface area contributed by atoms with E-state index in [2.05, 4.69) is 76.9 Å². The third-order valence-electron chi connectivity index (χ3n) is 12.8. The zero-order chi connectivity index (χ0) is 67.6. The van der Waals surface area contributed by atoms with E-state index >= 15 is 0 Å². The van der Waals surface area contributed by atoms with Crippen molar-refractivity contribution < 1.29 is 93.1 Å². The maximum absolute atomic E-state index is 12.8. The van der Waals surface area contributed by atoms with Crippen molar-refractivity contribution in [1.82, 2.24) is 29.9 Å². The first-order valence-electron chi connectivity index (χ1n) is 25.9. The fraction of sp³-hybridized carbons (Fsp3) is 0.120. The molecule has 43 heteroatoms. The number of benzene rings is 7. The molecule has 9 rings (SSSR count). The first kappa shape index (κ1) is 67.5. The van der Waals surface area contributed by atoms with Crippen molar-refractivity contribution in [3.63, 3.8) is 0 Å². The summed E-state index contributed by atoms with van der Waals surface area (Å²) in [6.45, 7) is 0.755. The van der Waals surface area contributed by atoms with E-state index in [0.29, 0.717) is 31.2 Å². The number of azo groups is 2. The Morgan fingerprint density at radius 2 is 0.753 bits per heavy atom. The number of hydrogen-bond acceptors (Lipinski definition) is 31. The number of hydrogen-bond donors (Lipinski definition) is 15. The highest BCUT2D eigenvalue weighted by atomic mass is 32.2. The molecule has 0 aliphatic heterocycles. The van der Waals surface area contributed by atoms with Gasteiger partial charge in [-0.2, -0.15) is 80.4 Å². The molecule has 16 N–H and O–H groups in total. The Labute approximate surface area is 525 Å². The molecule has 93 heavy (non-hydrogen) atoms. The van der Waals surface area contributed by atoms with E-state index < -0.39 is 181 Å². The topological polar surface area (TPSA) is 600 Å². The van der Waals surface area contributed by atoms with Crippen LogP contribution in [-0.2, 0) is 60.7 Å². The van der Waals surface area contributed by atoms with E-state index in [0.717, 1.165) is 61.7 Å². The Hall–Kier alpha value is -9.90. The molecule has 2 aromatic heterocycles. The summed E-state index contributed by atoms with van der Waals surface area (Å²) in [7, 11) is -31.0. The van der Waals surface area contributed by atoms with Crippen LogP contribution in [0.15, 0.2) is 159 Å². The molecule has 0 aliphatic carbocycles. The summed E-state index contributed by atoms with van der Waals surface area (Å²) in [6, 6.07) is 18.0. The molecule has 9 aromatic rings. The number of nitrogens with one attached hydrogen (secondary N) is 5. The molecule has 2 heterocycles. The lowest BCUT2D eigenvalue weighted by Gasteiger charge is -2.16. The zero-order valence-corrected chi connectivity index (χ0v) is 51.5. The van der Waals surface area contributed by atoms with Crippen LogP contribution < -0.4 is 32.3 Å². The van der Waals surface area contributed by atoms with Crippen LogP contribution in [0.1, 0.15) is 25.7 Å². The SMILES string of the molecule is NCCCCCCNc1nc(Nc2ccc(Nc3nc(O)nc(Nc4cc(S(=O)(=O)O)cc5cc(S(=O)(=O)O)c(N=Nc6ccccc6S(=O)(=O)O)c(O)c45)n3)cc2)nc(Nc2cc(S(=O)(=O)O)cc3cc(S(=O)(=O)O)c(N=Nc4ccccc4S(=O)(=O)O)c(O)c23)n1. The third kappa shape index (κ3) is 16.2. The lowest BCUT2D eigenvalue weighted by molar-refractivity contribution is 0.430. The van der Waals surface area contributed by atoms with E-state index in [4.69, 9.17) is 5.73 Å². The summed E-state index contributed by atoms with van der Waals surface area (Å²) in [5.74, 6) is -4.03. The molecule has 37 nitrogen and oxygen atoms in total. The minimum absolute atomic E-state index is 0.104. The number of aromatic hydroxyl groups is 3. The van der Waals surface area contributed by atoms with Crippen LogP contribution in [-0.4, -0.2) is 136 Å². The lowest BCUT2D eigenvalue weighted by atomic mass is 10.1. The number of phenols is 2. The van der Waals surface area contributed by atoms with Crippen LogP contribution in [0, 0.1) is 0 Å². The van der Waals surface area contributed by atoms with Crippen LogP contribution >= 0.6 is 0 Å². The number of anilines is 9. The van der Waals surface area contributed by atoms with Gasteiger partial charge in [0.15, 0.2) is 11.5 Å². The lowest BCUT2D eigenvalue weighted by Crippen LogP contribution is -2.11. The van der Waals surface area contributed by atoms with E-state index in [1.165, 1.54) is 48.5 Å². The van der Waals surface area contributed by atoms with Crippen LogP contribution in [0.2, 0.25) is 0 Å². The van der Waals surface area contributed by atoms with E-state index in [-0.39, 0.29) is 29.8 Å². The molecule has 0 atom stereocenters. The van der Waals surface area contributed by atoms with E-state index in [1.54, 1.807) is 0 Å². The van der Waals surface area contributed by atoms with Gasteiger partial charge in [-0.15, -0.1) is 20.5 Å². The van der Waals surface area contributed by atoms with E-state index in [1.807, 2.05) is 0 Å². The van der Waals surface area contributed by atoms with Crippen molar-refractivity contribution in [3.8, 4) is 17.5 Å². The molecule has 488 valence electrons. The predicted molar refractivity (Wildman–Crippen MR) is 328 cm³/mol. The highest BCUT2D eigenvalue weighted by molar-refractivity contribution is 7.87. The number of fused-ring (bicyclic) bond motifs is 2. The third-order valence-corrected chi connectivity index (χ3v) is 18.0. The molecule has 0 spiro atoms. The molecule has 0 amide bonds. The van der Waals surface area contributed by atoms with Crippen molar-refractivity contribution in [2.24, 2.45) is 26.2 Å². The van der Waals surface area contributed by atoms with Gasteiger partial charge < -0.3 is 47.6 Å². The average molecular weight is 1400 g/mol. The molecule has 0 saturated heterocycles. The van der Waals surface area contributed by atoms with Gasteiger partial charge in [-0.05, 0) is 115 Å². The Kier molecular flexibility index (Phi) is 19.1. The summed E-state index contributed by atoms with van der Waals surface area (Å²) in [4.78, 5) is 19.2. The molecule has 0 bridgehead atoms. The van der Waals surface area contributed by atoms with Gasteiger partial charge in [0.1, 0.15) is 42.3 Å². The summed E-state index contributed by atoms with van der Waals surface area (Å²) >= 11 is 0. The average Bonchev–Trinajstić information content (AvgIpc) is 0.761. The van der Waals surface area contributed by atoms with Crippen LogP contribution in [0.4, 0.5) is 75.2 Å². The Morgan fingerprint density at radius 1 is 0.387 bits per heavy atom. The van der Waals surface area contributed by atoms with E-state index in [9.17, 15) is 93.1 Å². The van der Waals surface area contributed by atoms with Gasteiger partial charge in [-0.1, -0.05) is 37.1 Å². The summed E-state index contributed by atoms with van der Waals surface area (Å²) in [6.07, 6.45) is 2.88. The Bertz CT molecular complexity index is 5270. The second kappa shape index (κ2) is 26.4. The number of phenolic OH excluding ortho intramolecular Hbond substituents is 2. The molecule has 0 fully saturated rings. The van der Waals surface area contributed by atoms with Gasteiger partial charge in [-0.3, -0.25) is 27.3 Å². The normalized spacial score (nSPS) is 12.6. The largest absolute Gasteiger partial charge is 0.505 e. The second-order valence-electron chi connectivity index (χ2n) is 19.3. The number of aromatic nitrogens is 6. The van der Waals surface area contributed by atoms with Crippen LogP contribution in [0.25, 0.3) is 21.5 Å². The maximum atomic E-state index is 12.8. The Balaban J connectivity index is 1.05. The van der Waals surface area contributed by atoms with Crippen molar-refractivity contribution in [2.45, 2.75) is 55.1 Å². The monoisotopic (exact) mass is 1400 g/mol. The zero-order valence-electron chi connectivity index (χ0n) is 46.6. The van der Waals surface area contributed by atoms with Crippen molar-refractivity contribution >= 4 is 157 Å². The van der Waals surface area contributed by atoms with Crippen LogP contribution in [0.5, 0.6) is 17.5 Å². The summed E-state index contributed by atoms with van der Waals surface area (Å²) < 4.78 is 210. The number of rotatable bonds is 25. The summed E-state index contributed by atoms with van der Waals surface area (Å²) in [5.41, 5.74) is 1.90. The first-order chi connectivity index (χ1) is 43.5. The quantitative estimate of drug-likeness (QED) is 0.0148. The number of unbranched alkanes of at least 4 members (excludes halogenated alkanes) is 3. The number of nitrogens with zero attached hydrogens (tertiary/aromatic N) is 10. The standard InChI is InChI=1S/C50H46N16O21S6/c51-17-7-1-2-8-18-52-45-57-46(59-48(58-45)55-33-23-29(88(70,71)72)19-25-21-37(92(82,83)84)41(43(67)39(25)33)65-63-31-9-3-5-11-35(31)90(76,77)78)53-27-13-15-28(16-14-27)54-47-60-49(62-50(69)61-47)56-34-24-30(89(73,74)75)20-26-22-38(93(85,86)87)42(44(68)40(26)34)66-64-32-10-4-6-12-36(32)91(79,80)81/h3-6,9-16,19-24,67-68H,1-2,7-8,17-18,51H2,(H,70,71,72)(H,73,74,75)(H,76,77,78)(H,79,80,81)(H,82,83,84)(H,85,86,87)(H3,52,53,55,57,58,59)(H3,54,56,60,61,62,69). The van der Waals surface area contributed by atoms with Crippen molar-refractivity contribution in [2.75, 3.05) is 39.7 Å². The highest BCUT2D eigenvalue weighted by Crippen LogP contribution is 2.48. The minimum Gasteiger partial charge on any atom is -0.505 e. The summed E-state index contributed by atoms with van der Waals surface area (Å²) in [5, 5.41) is 61.0. The molecular formula is C50H46N16O21S6. The molecular weight excluding hydrogens is 1350 g/mol. The molecule has 0 saturated carbocycles. The first-order valence-corrected chi connectivity index (χ1v) is 34.6.